The van der Waals surface area contributed by atoms with Gasteiger partial charge in [-0.3, -0.25) is 0 Å². The Kier molecular flexibility index (Phi) is 8.78. The first-order valence-corrected chi connectivity index (χ1v) is 14.4. The molecule has 0 fully saturated rings. The van der Waals surface area contributed by atoms with Crippen molar-refractivity contribution in [2.45, 2.75) is 26.1 Å². The van der Waals surface area contributed by atoms with E-state index in [9.17, 15) is 0 Å². The number of allylic oxidation sites excluding steroid dienone is 4. The van der Waals surface area contributed by atoms with E-state index in [-0.39, 0.29) is 24.8 Å². The SMILES string of the molecule is Cl.Cl.[CH2]=[Ti]([O]c1cccc(-c2ccccc2)c1)[C]1=C([Si](C)(C)C)C=CC1. The molecule has 138 valence electrons. The van der Waals surface area contributed by atoms with Gasteiger partial charge in [-0.1, -0.05) is 0 Å². The van der Waals surface area contributed by atoms with Gasteiger partial charge in [0.1, 0.15) is 0 Å². The topological polar surface area (TPSA) is 9.23 Å². The summed E-state index contributed by atoms with van der Waals surface area (Å²) in [4.78, 5) is 4.45. The van der Waals surface area contributed by atoms with E-state index in [4.69, 9.17) is 3.32 Å². The molecule has 1 aliphatic carbocycles. The third-order valence-electron chi connectivity index (χ3n) is 4.26. The number of hydrogen-bond acceptors (Lipinski definition) is 1. The Hall–Kier alpha value is -0.899. The Morgan fingerprint density at radius 1 is 0.923 bits per heavy atom. The molecule has 3 rings (SSSR count). The van der Waals surface area contributed by atoms with Crippen LogP contribution in [-0.4, -0.2) is 12.9 Å². The van der Waals surface area contributed by atoms with Gasteiger partial charge in [-0.25, -0.2) is 0 Å². The summed E-state index contributed by atoms with van der Waals surface area (Å²) < 4.78 is 7.88. The van der Waals surface area contributed by atoms with Crippen molar-refractivity contribution >= 4 is 37.7 Å². The molecule has 2 aromatic carbocycles. The number of rotatable bonds is 5. The predicted octanol–water partition coefficient (Wildman–Crippen LogP) is 6.63. The van der Waals surface area contributed by atoms with E-state index >= 15 is 0 Å². The zero-order chi connectivity index (χ0) is 17.2. The van der Waals surface area contributed by atoms with Crippen LogP contribution in [-0.2, 0) is 17.8 Å². The first-order valence-electron chi connectivity index (χ1n) is 8.38. The van der Waals surface area contributed by atoms with Crippen LogP contribution in [0.2, 0.25) is 19.6 Å². The molecule has 0 spiro atoms. The summed E-state index contributed by atoms with van der Waals surface area (Å²) in [5.41, 5.74) is 2.42. The second-order valence-corrected chi connectivity index (χ2v) is 14.8. The van der Waals surface area contributed by atoms with Gasteiger partial charge in [0.05, 0.1) is 0 Å². The first kappa shape index (κ1) is 23.1. The van der Waals surface area contributed by atoms with Crippen LogP contribution in [0.3, 0.4) is 0 Å². The van der Waals surface area contributed by atoms with Crippen LogP contribution < -0.4 is 3.32 Å². The van der Waals surface area contributed by atoms with Gasteiger partial charge in [0, 0.05) is 0 Å². The predicted molar refractivity (Wildman–Crippen MR) is 118 cm³/mol. The summed E-state index contributed by atoms with van der Waals surface area (Å²) >= 11 is -1.96. The molecule has 26 heavy (non-hydrogen) atoms. The molecule has 0 bridgehead atoms. The van der Waals surface area contributed by atoms with Crippen LogP contribution in [0.5, 0.6) is 5.75 Å². The number of halogens is 2. The van der Waals surface area contributed by atoms with E-state index in [2.05, 4.69) is 85.1 Å². The van der Waals surface area contributed by atoms with E-state index in [1.165, 1.54) is 15.0 Å². The van der Waals surface area contributed by atoms with Crippen LogP contribution in [0, 0.1) is 0 Å². The van der Waals surface area contributed by atoms with Crippen molar-refractivity contribution in [2.75, 3.05) is 0 Å². The number of benzene rings is 2. The summed E-state index contributed by atoms with van der Waals surface area (Å²) in [7, 11) is -1.32. The molecule has 2 aromatic rings. The van der Waals surface area contributed by atoms with Crippen LogP contribution >= 0.6 is 24.8 Å². The van der Waals surface area contributed by atoms with Crippen LogP contribution in [0.15, 0.2) is 75.8 Å². The van der Waals surface area contributed by atoms with Crippen molar-refractivity contribution in [2.24, 2.45) is 0 Å². The zero-order valence-electron chi connectivity index (χ0n) is 15.5. The molecular weight excluding hydrogens is 415 g/mol. The summed E-state index contributed by atoms with van der Waals surface area (Å²) in [6.45, 7) is 7.21. The van der Waals surface area contributed by atoms with Gasteiger partial charge in [-0.05, 0) is 0 Å². The fourth-order valence-corrected chi connectivity index (χ4v) is 8.98. The van der Waals surface area contributed by atoms with Crippen molar-refractivity contribution in [1.29, 1.82) is 0 Å². The number of hydrogen-bond donors (Lipinski definition) is 0. The molecule has 0 N–H and O–H groups in total. The molecule has 0 atom stereocenters. The Labute approximate surface area is 176 Å². The van der Waals surface area contributed by atoms with Gasteiger partial charge < -0.3 is 0 Å². The molecule has 0 saturated heterocycles. The van der Waals surface area contributed by atoms with Crippen molar-refractivity contribution in [1.82, 2.24) is 0 Å². The third-order valence-corrected chi connectivity index (χ3v) is 9.28. The molecule has 0 unspecified atom stereocenters. The van der Waals surface area contributed by atoms with E-state index in [1.54, 1.807) is 5.20 Å². The molecule has 5 heteroatoms. The van der Waals surface area contributed by atoms with Crippen molar-refractivity contribution in [3.8, 4) is 16.9 Å². The third kappa shape index (κ3) is 5.55. The average Bonchev–Trinajstić information content (AvgIpc) is 3.06. The Morgan fingerprint density at radius 3 is 2.23 bits per heavy atom. The molecule has 0 amide bonds. The Balaban J connectivity index is 0.00000169. The fourth-order valence-electron chi connectivity index (χ4n) is 3.05. The minimum absolute atomic E-state index is 0. The summed E-state index contributed by atoms with van der Waals surface area (Å²) in [5, 5.41) is 1.56. The van der Waals surface area contributed by atoms with E-state index in [0.717, 1.165) is 12.2 Å². The Morgan fingerprint density at radius 2 is 1.58 bits per heavy atom. The van der Waals surface area contributed by atoms with Gasteiger partial charge in [-0.15, -0.1) is 24.8 Å². The van der Waals surface area contributed by atoms with Gasteiger partial charge >= 0.3 is 153 Å². The van der Waals surface area contributed by atoms with Crippen molar-refractivity contribution in [3.05, 3.63) is 75.8 Å². The van der Waals surface area contributed by atoms with E-state index in [0.29, 0.717) is 0 Å². The normalized spacial score (nSPS) is 13.0. The van der Waals surface area contributed by atoms with E-state index in [1.807, 2.05) is 6.07 Å². The average molecular weight is 441 g/mol. The van der Waals surface area contributed by atoms with E-state index < -0.39 is 25.9 Å². The maximum atomic E-state index is 6.37. The quantitative estimate of drug-likeness (QED) is 0.473. The molecule has 0 heterocycles. The van der Waals surface area contributed by atoms with Gasteiger partial charge in [-0.2, -0.15) is 0 Å². The maximum absolute atomic E-state index is 6.37. The first-order chi connectivity index (χ1) is 11.4. The molecule has 0 radical (unpaired) electrons. The molecule has 0 saturated carbocycles. The van der Waals surface area contributed by atoms with Crippen LogP contribution in [0.4, 0.5) is 0 Å². The second-order valence-electron chi connectivity index (χ2n) is 7.17. The molecule has 0 aliphatic heterocycles. The fraction of sp³-hybridized carbons (Fsp3) is 0.190. The summed E-state index contributed by atoms with van der Waals surface area (Å²) in [5.74, 6) is 0.954. The standard InChI is InChI=1S/C12H10O.C8H13Si.CH2.2ClH.Ti/c13-12-8-4-7-11(9-12)10-5-2-1-3-6-10;1-9(2,3)8-6-4-5-7-8;;;;/h1-9,13H;4,6H,5H2,1-3H3;1H2;2*1H;/q;;;;;+1/p-1. The zero-order valence-corrected chi connectivity index (χ0v) is 19.7. The molecule has 1 nitrogen and oxygen atoms in total. The van der Waals surface area contributed by atoms with Crippen LogP contribution in [0.25, 0.3) is 11.1 Å². The van der Waals surface area contributed by atoms with Crippen LogP contribution in [0.1, 0.15) is 6.42 Å². The monoisotopic (exact) mass is 440 g/mol. The molecule has 1 aliphatic rings. The minimum atomic E-state index is -1.96. The van der Waals surface area contributed by atoms with Gasteiger partial charge in [0.2, 0.25) is 0 Å². The molecular formula is C21H26Cl2OSiTi. The van der Waals surface area contributed by atoms with Gasteiger partial charge in [0.15, 0.2) is 0 Å². The van der Waals surface area contributed by atoms with Crippen molar-refractivity contribution < 1.29 is 21.1 Å². The second kappa shape index (κ2) is 9.87. The van der Waals surface area contributed by atoms with Crippen molar-refractivity contribution in [3.63, 3.8) is 0 Å². The summed E-state index contributed by atoms with van der Waals surface area (Å²) in [6, 6.07) is 18.9. The summed E-state index contributed by atoms with van der Waals surface area (Å²) in [6.07, 6.45) is 5.64. The molecule has 0 aromatic heterocycles. The van der Waals surface area contributed by atoms with Gasteiger partial charge in [0.25, 0.3) is 0 Å². The Bertz CT molecular complexity index is 823.